The van der Waals surface area contributed by atoms with Crippen molar-refractivity contribution in [2.75, 3.05) is 32.7 Å². The molecule has 0 saturated carbocycles. The Balaban J connectivity index is 2.66. The summed E-state index contributed by atoms with van der Waals surface area (Å²) in [5.74, 6) is -0.795. The molecule has 0 aliphatic rings. The first-order chi connectivity index (χ1) is 12.3. The van der Waals surface area contributed by atoms with E-state index in [-0.39, 0.29) is 31.7 Å². The number of aromatic nitrogens is 2. The zero-order valence-corrected chi connectivity index (χ0v) is 15.5. The fraction of sp³-hybridized carbons (Fsp3) is 0.500. The van der Waals surface area contributed by atoms with Gasteiger partial charge in [0.25, 0.3) is 5.56 Å². The van der Waals surface area contributed by atoms with Crippen LogP contribution >= 0.6 is 0 Å². The van der Waals surface area contributed by atoms with Gasteiger partial charge in [0.05, 0.1) is 24.2 Å². The summed E-state index contributed by atoms with van der Waals surface area (Å²) in [5, 5.41) is 18.8. The summed E-state index contributed by atoms with van der Waals surface area (Å²) in [6.07, 6.45) is -0.245. The Kier molecular flexibility index (Phi) is 6.33. The molecule has 0 saturated heterocycles. The second-order valence-corrected chi connectivity index (χ2v) is 6.39. The summed E-state index contributed by atoms with van der Waals surface area (Å²) in [4.78, 5) is 30.8. The largest absolute Gasteiger partial charge is 0.464 e. The highest BCUT2D eigenvalue weighted by Crippen LogP contribution is 2.24. The van der Waals surface area contributed by atoms with Crippen LogP contribution in [0.25, 0.3) is 11.0 Å². The summed E-state index contributed by atoms with van der Waals surface area (Å²) < 4.78 is 6.10. The Labute approximate surface area is 151 Å². The van der Waals surface area contributed by atoms with Crippen molar-refractivity contribution in [3.05, 3.63) is 33.7 Å². The average Bonchev–Trinajstić information content (AvgIpc) is 2.59. The molecule has 2 N–H and O–H groups in total. The number of aliphatic hydroxyl groups is 2. The van der Waals surface area contributed by atoms with Gasteiger partial charge in [-0.2, -0.15) is 0 Å². The van der Waals surface area contributed by atoms with E-state index in [1.165, 1.54) is 11.7 Å². The van der Waals surface area contributed by atoms with Gasteiger partial charge in [-0.05, 0) is 37.5 Å². The third kappa shape index (κ3) is 4.03. The van der Waals surface area contributed by atoms with Gasteiger partial charge in [-0.3, -0.25) is 4.79 Å². The van der Waals surface area contributed by atoms with E-state index in [1.807, 2.05) is 38.1 Å². The molecule has 0 spiro atoms. The van der Waals surface area contributed by atoms with Gasteiger partial charge < -0.3 is 24.4 Å². The number of carbonyl (C=O) groups is 1. The molecule has 1 unspecified atom stereocenters. The maximum atomic E-state index is 12.8. The number of hydrogen-bond acceptors (Lipinski definition) is 7. The fourth-order valence-corrected chi connectivity index (χ4v) is 2.89. The van der Waals surface area contributed by atoms with Crippen molar-refractivity contribution in [3.63, 3.8) is 0 Å². The van der Waals surface area contributed by atoms with E-state index in [1.54, 1.807) is 0 Å². The molecule has 1 aromatic heterocycles. The Hall–Kier alpha value is -2.45. The van der Waals surface area contributed by atoms with Crippen LogP contribution in [0.5, 0.6) is 0 Å². The van der Waals surface area contributed by atoms with Gasteiger partial charge in [-0.25, -0.2) is 9.78 Å². The van der Waals surface area contributed by atoms with Crippen LogP contribution in [0.3, 0.4) is 0 Å². The minimum Gasteiger partial charge on any atom is -0.464 e. The van der Waals surface area contributed by atoms with Gasteiger partial charge >= 0.3 is 5.97 Å². The first-order valence-electron chi connectivity index (χ1n) is 8.39. The molecule has 8 heteroatoms. The Morgan fingerprint density at radius 2 is 2.04 bits per heavy atom. The van der Waals surface area contributed by atoms with E-state index in [0.717, 1.165) is 11.3 Å². The van der Waals surface area contributed by atoms with Crippen molar-refractivity contribution in [2.45, 2.75) is 32.4 Å². The quantitative estimate of drug-likeness (QED) is 0.697. The number of carbonyl (C=O) groups excluding carboxylic acids is 1. The maximum absolute atomic E-state index is 12.8. The maximum Gasteiger partial charge on any atom is 0.362 e. The van der Waals surface area contributed by atoms with Crippen molar-refractivity contribution in [1.29, 1.82) is 0 Å². The lowest BCUT2D eigenvalue weighted by Gasteiger charge is -2.19. The number of rotatable bonds is 7. The van der Waals surface area contributed by atoms with E-state index in [4.69, 9.17) is 5.11 Å². The number of nitrogens with zero attached hydrogens (tertiary/aromatic N) is 3. The zero-order chi connectivity index (χ0) is 19.4. The number of hydrogen-bond donors (Lipinski definition) is 2. The highest BCUT2D eigenvalue weighted by atomic mass is 16.5. The number of aryl methyl sites for hydroxylation is 2. The van der Waals surface area contributed by atoms with Crippen LogP contribution in [-0.2, 0) is 11.3 Å². The molecule has 1 atom stereocenters. The third-order valence-corrected chi connectivity index (χ3v) is 4.27. The predicted molar refractivity (Wildman–Crippen MR) is 98.7 cm³/mol. The zero-order valence-electron chi connectivity index (χ0n) is 15.5. The fourth-order valence-electron chi connectivity index (χ4n) is 2.89. The van der Waals surface area contributed by atoms with Gasteiger partial charge in [-0.1, -0.05) is 0 Å². The highest BCUT2D eigenvalue weighted by Gasteiger charge is 2.20. The van der Waals surface area contributed by atoms with Crippen LogP contribution in [0, 0.1) is 6.92 Å². The monoisotopic (exact) mass is 363 g/mol. The molecule has 1 aromatic carbocycles. The lowest BCUT2D eigenvalue weighted by molar-refractivity contribution is 0.0591. The lowest BCUT2D eigenvalue weighted by atomic mass is 10.1. The average molecular weight is 363 g/mol. The van der Waals surface area contributed by atoms with Crippen LogP contribution < -0.4 is 10.5 Å². The normalized spacial score (nSPS) is 12.2. The van der Waals surface area contributed by atoms with Crippen molar-refractivity contribution < 1.29 is 19.7 Å². The van der Waals surface area contributed by atoms with Gasteiger partial charge in [0, 0.05) is 32.9 Å². The van der Waals surface area contributed by atoms with Crippen molar-refractivity contribution >= 4 is 22.7 Å². The standard InChI is InChI=1S/C18H25N3O5/c1-11-9-13-15(10-14(11)20(2)3)21(7-5-12(23)6-8-22)17(24)16(19-13)18(25)26-4/h9-10,12,22-23H,5-8H2,1-4H3. The number of benzene rings is 1. The molecular weight excluding hydrogens is 338 g/mol. The van der Waals surface area contributed by atoms with Gasteiger partial charge in [0.15, 0.2) is 0 Å². The van der Waals surface area contributed by atoms with Gasteiger partial charge in [0.1, 0.15) is 0 Å². The van der Waals surface area contributed by atoms with E-state index >= 15 is 0 Å². The first kappa shape index (κ1) is 19.9. The summed E-state index contributed by atoms with van der Waals surface area (Å²) in [7, 11) is 5.00. The second-order valence-electron chi connectivity index (χ2n) is 6.39. The molecule has 26 heavy (non-hydrogen) atoms. The number of fused-ring (bicyclic) bond motifs is 1. The van der Waals surface area contributed by atoms with Crippen LogP contribution in [0.1, 0.15) is 28.9 Å². The van der Waals surface area contributed by atoms with Gasteiger partial charge in [-0.15, -0.1) is 0 Å². The molecule has 2 rings (SSSR count). The highest BCUT2D eigenvalue weighted by molar-refractivity contribution is 5.90. The number of anilines is 1. The van der Waals surface area contributed by atoms with E-state index in [0.29, 0.717) is 11.0 Å². The molecule has 8 nitrogen and oxygen atoms in total. The minimum atomic E-state index is -0.795. The number of ether oxygens (including phenoxy) is 1. The summed E-state index contributed by atoms with van der Waals surface area (Å²) >= 11 is 0. The van der Waals surface area contributed by atoms with Gasteiger partial charge in [0.2, 0.25) is 5.69 Å². The SMILES string of the molecule is COC(=O)c1nc2cc(C)c(N(C)C)cc2n(CCC(O)CCO)c1=O. The van der Waals surface area contributed by atoms with Crippen LogP contribution in [0.4, 0.5) is 5.69 Å². The molecule has 1 heterocycles. The smallest absolute Gasteiger partial charge is 0.362 e. The second kappa shape index (κ2) is 8.29. The molecule has 2 aromatic rings. The molecule has 0 bridgehead atoms. The van der Waals surface area contributed by atoms with Crippen molar-refractivity contribution in [2.24, 2.45) is 0 Å². The van der Waals surface area contributed by atoms with E-state index in [2.05, 4.69) is 9.72 Å². The Morgan fingerprint density at radius 3 is 2.62 bits per heavy atom. The van der Waals surface area contributed by atoms with Crippen molar-refractivity contribution in [1.82, 2.24) is 9.55 Å². The summed E-state index contributed by atoms with van der Waals surface area (Å²) in [5.41, 5.74) is 2.12. The Morgan fingerprint density at radius 1 is 1.35 bits per heavy atom. The minimum absolute atomic E-state index is 0.134. The number of esters is 1. The molecule has 142 valence electrons. The Bertz CT molecular complexity index is 860. The molecule has 0 radical (unpaired) electrons. The van der Waals surface area contributed by atoms with Crippen LogP contribution in [0.2, 0.25) is 0 Å². The molecule has 0 fully saturated rings. The van der Waals surface area contributed by atoms with Crippen molar-refractivity contribution in [3.8, 4) is 0 Å². The summed E-state index contributed by atoms with van der Waals surface area (Å²) in [6.45, 7) is 1.98. The molecule has 0 amide bonds. The lowest BCUT2D eigenvalue weighted by Crippen LogP contribution is -2.30. The van der Waals surface area contributed by atoms with E-state index < -0.39 is 17.6 Å². The van der Waals surface area contributed by atoms with Crippen LogP contribution in [0.15, 0.2) is 16.9 Å². The summed E-state index contributed by atoms with van der Waals surface area (Å²) in [6, 6.07) is 3.66. The molecule has 0 aliphatic carbocycles. The van der Waals surface area contributed by atoms with E-state index in [9.17, 15) is 14.7 Å². The molecule has 0 aliphatic heterocycles. The first-order valence-corrected chi connectivity index (χ1v) is 8.39. The number of methoxy groups -OCH3 is 1. The molecular formula is C18H25N3O5. The predicted octanol–water partition coefficient (Wildman–Crippen LogP) is 0.691. The topological polar surface area (TPSA) is 105 Å². The van der Waals surface area contributed by atoms with Crippen LogP contribution in [-0.4, -0.2) is 59.6 Å². The number of aliphatic hydroxyl groups excluding tert-OH is 2. The third-order valence-electron chi connectivity index (χ3n) is 4.27.